The van der Waals surface area contributed by atoms with Crippen molar-refractivity contribution in [3.8, 4) is 0 Å². The van der Waals surface area contributed by atoms with E-state index in [0.29, 0.717) is 6.04 Å². The molecule has 2 rings (SSSR count). The highest BCUT2D eigenvalue weighted by Crippen LogP contribution is 2.20. The van der Waals surface area contributed by atoms with Crippen molar-refractivity contribution in [3.63, 3.8) is 0 Å². The number of benzene rings is 1. The highest BCUT2D eigenvalue weighted by molar-refractivity contribution is 5.48. The summed E-state index contributed by atoms with van der Waals surface area (Å²) in [6.07, 6.45) is 0. The molecular formula is C13H20N2. The van der Waals surface area contributed by atoms with Gasteiger partial charge in [-0.15, -0.1) is 0 Å². The van der Waals surface area contributed by atoms with Crippen LogP contribution in [0.5, 0.6) is 0 Å². The van der Waals surface area contributed by atoms with Gasteiger partial charge < -0.3 is 9.80 Å². The molecule has 0 N–H and O–H groups in total. The third-order valence-electron chi connectivity index (χ3n) is 3.20. The maximum Gasteiger partial charge on any atom is 0.0389 e. The van der Waals surface area contributed by atoms with Crippen molar-refractivity contribution in [1.29, 1.82) is 0 Å². The van der Waals surface area contributed by atoms with Crippen LogP contribution >= 0.6 is 0 Å². The van der Waals surface area contributed by atoms with Gasteiger partial charge in [0, 0.05) is 31.4 Å². The molecule has 0 spiro atoms. The Bertz CT molecular complexity index is 318. The topological polar surface area (TPSA) is 6.48 Å². The highest BCUT2D eigenvalue weighted by atomic mass is 15.3. The van der Waals surface area contributed by atoms with E-state index in [1.54, 1.807) is 0 Å². The summed E-state index contributed by atoms with van der Waals surface area (Å²) in [5.41, 5.74) is 2.70. The lowest BCUT2D eigenvalue weighted by Gasteiger charge is -2.39. The van der Waals surface area contributed by atoms with Gasteiger partial charge in [-0.25, -0.2) is 0 Å². The Balaban J connectivity index is 2.13. The van der Waals surface area contributed by atoms with Crippen LogP contribution < -0.4 is 4.90 Å². The van der Waals surface area contributed by atoms with Crippen molar-refractivity contribution in [2.45, 2.75) is 19.9 Å². The van der Waals surface area contributed by atoms with Crippen LogP contribution in [0.4, 0.5) is 5.69 Å². The highest BCUT2D eigenvalue weighted by Gasteiger charge is 2.21. The fourth-order valence-corrected chi connectivity index (χ4v) is 2.26. The van der Waals surface area contributed by atoms with Crippen LogP contribution in [0.1, 0.15) is 12.5 Å². The summed E-state index contributed by atoms with van der Waals surface area (Å²) < 4.78 is 0. The minimum atomic E-state index is 0.617. The Morgan fingerprint density at radius 3 is 2.40 bits per heavy atom. The predicted molar refractivity (Wildman–Crippen MR) is 65.5 cm³/mol. The summed E-state index contributed by atoms with van der Waals surface area (Å²) in [6.45, 7) is 7.90. The Morgan fingerprint density at radius 2 is 1.80 bits per heavy atom. The van der Waals surface area contributed by atoms with E-state index < -0.39 is 0 Å². The van der Waals surface area contributed by atoms with E-state index in [1.165, 1.54) is 11.3 Å². The second kappa shape index (κ2) is 4.23. The normalized spacial score (nSPS) is 23.1. The van der Waals surface area contributed by atoms with Crippen LogP contribution in [-0.4, -0.2) is 37.6 Å². The summed E-state index contributed by atoms with van der Waals surface area (Å²) in [5.74, 6) is 0. The molecule has 82 valence electrons. The number of nitrogens with zero attached hydrogens (tertiary/aromatic N) is 2. The first-order valence-electron chi connectivity index (χ1n) is 5.68. The molecule has 1 aromatic carbocycles. The quantitative estimate of drug-likeness (QED) is 0.691. The van der Waals surface area contributed by atoms with Crippen LogP contribution in [0, 0.1) is 6.92 Å². The molecule has 2 nitrogen and oxygen atoms in total. The van der Waals surface area contributed by atoms with E-state index in [-0.39, 0.29) is 0 Å². The van der Waals surface area contributed by atoms with Gasteiger partial charge in [-0.2, -0.15) is 0 Å². The van der Waals surface area contributed by atoms with E-state index in [1.807, 2.05) is 0 Å². The minimum absolute atomic E-state index is 0.617. The second-order valence-corrected chi connectivity index (χ2v) is 4.64. The van der Waals surface area contributed by atoms with E-state index in [4.69, 9.17) is 0 Å². The zero-order chi connectivity index (χ0) is 10.8. The maximum atomic E-state index is 2.50. The molecule has 1 heterocycles. The molecule has 0 unspecified atom stereocenters. The van der Waals surface area contributed by atoms with Crippen molar-refractivity contribution in [3.05, 3.63) is 29.8 Å². The average molecular weight is 204 g/mol. The first-order chi connectivity index (χ1) is 7.16. The summed E-state index contributed by atoms with van der Waals surface area (Å²) in [7, 11) is 2.20. The first kappa shape index (κ1) is 10.5. The van der Waals surface area contributed by atoms with E-state index in [0.717, 1.165) is 19.6 Å². The maximum absolute atomic E-state index is 2.50. The predicted octanol–water partition coefficient (Wildman–Crippen LogP) is 2.14. The number of anilines is 1. The number of piperazine rings is 1. The Hall–Kier alpha value is -1.02. The van der Waals surface area contributed by atoms with Gasteiger partial charge in [-0.3, -0.25) is 0 Å². The third-order valence-corrected chi connectivity index (χ3v) is 3.20. The molecule has 1 saturated heterocycles. The van der Waals surface area contributed by atoms with E-state index in [9.17, 15) is 0 Å². The summed E-state index contributed by atoms with van der Waals surface area (Å²) >= 11 is 0. The van der Waals surface area contributed by atoms with Crippen LogP contribution in [-0.2, 0) is 0 Å². The number of rotatable bonds is 1. The van der Waals surface area contributed by atoms with Crippen molar-refractivity contribution < 1.29 is 0 Å². The Morgan fingerprint density at radius 1 is 1.13 bits per heavy atom. The molecule has 15 heavy (non-hydrogen) atoms. The zero-order valence-corrected chi connectivity index (χ0v) is 9.90. The lowest BCUT2D eigenvalue weighted by molar-refractivity contribution is 0.275. The number of hydrogen-bond acceptors (Lipinski definition) is 2. The van der Waals surface area contributed by atoms with Gasteiger partial charge in [0.1, 0.15) is 0 Å². The molecule has 1 fully saturated rings. The van der Waals surface area contributed by atoms with Crippen LogP contribution in [0.2, 0.25) is 0 Å². The SMILES string of the molecule is Cc1ccc(N2CCN(C)C[C@@H]2C)cc1. The fraction of sp³-hybridized carbons (Fsp3) is 0.538. The van der Waals surface area contributed by atoms with Crippen molar-refractivity contribution >= 4 is 5.69 Å². The molecule has 1 aromatic rings. The van der Waals surface area contributed by atoms with Gasteiger partial charge in [0.05, 0.1) is 0 Å². The van der Waals surface area contributed by atoms with Gasteiger partial charge in [0.2, 0.25) is 0 Å². The van der Waals surface area contributed by atoms with Crippen LogP contribution in [0.15, 0.2) is 24.3 Å². The number of hydrogen-bond donors (Lipinski definition) is 0. The first-order valence-corrected chi connectivity index (χ1v) is 5.68. The molecule has 0 amide bonds. The van der Waals surface area contributed by atoms with Gasteiger partial charge in [0.25, 0.3) is 0 Å². The molecule has 1 atom stereocenters. The smallest absolute Gasteiger partial charge is 0.0389 e. The molecule has 0 saturated carbocycles. The summed E-state index contributed by atoms with van der Waals surface area (Å²) in [5, 5.41) is 0. The lowest BCUT2D eigenvalue weighted by atomic mass is 10.1. The van der Waals surface area contributed by atoms with Crippen LogP contribution in [0.25, 0.3) is 0 Å². The molecular weight excluding hydrogens is 184 g/mol. The number of aryl methyl sites for hydroxylation is 1. The molecule has 0 bridgehead atoms. The van der Waals surface area contributed by atoms with E-state index in [2.05, 4.69) is 55.0 Å². The molecule has 1 aliphatic rings. The van der Waals surface area contributed by atoms with E-state index >= 15 is 0 Å². The van der Waals surface area contributed by atoms with Gasteiger partial charge in [-0.05, 0) is 33.0 Å². The average Bonchev–Trinajstić information content (AvgIpc) is 2.20. The van der Waals surface area contributed by atoms with Gasteiger partial charge in [-0.1, -0.05) is 17.7 Å². The van der Waals surface area contributed by atoms with Gasteiger partial charge >= 0.3 is 0 Å². The van der Waals surface area contributed by atoms with Crippen molar-refractivity contribution in [1.82, 2.24) is 4.90 Å². The Kier molecular flexibility index (Phi) is 2.96. The molecule has 0 aliphatic carbocycles. The molecule has 1 aliphatic heterocycles. The number of likely N-dealkylation sites (N-methyl/N-ethyl adjacent to an activating group) is 1. The van der Waals surface area contributed by atoms with Crippen molar-refractivity contribution in [2.75, 3.05) is 31.6 Å². The third kappa shape index (κ3) is 2.32. The zero-order valence-electron chi connectivity index (χ0n) is 9.90. The Labute approximate surface area is 92.5 Å². The fourth-order valence-electron chi connectivity index (χ4n) is 2.26. The lowest BCUT2D eigenvalue weighted by Crippen LogP contribution is -2.50. The second-order valence-electron chi connectivity index (χ2n) is 4.64. The monoisotopic (exact) mass is 204 g/mol. The summed E-state index contributed by atoms with van der Waals surface area (Å²) in [4.78, 5) is 4.90. The standard InChI is InChI=1S/C13H20N2/c1-11-4-6-13(7-5-11)15-9-8-14(3)10-12(15)2/h4-7,12H,8-10H2,1-3H3/t12-/m0/s1. The van der Waals surface area contributed by atoms with Crippen molar-refractivity contribution in [2.24, 2.45) is 0 Å². The van der Waals surface area contributed by atoms with Gasteiger partial charge in [0.15, 0.2) is 0 Å². The minimum Gasteiger partial charge on any atom is -0.366 e. The largest absolute Gasteiger partial charge is 0.366 e. The molecule has 0 aromatic heterocycles. The van der Waals surface area contributed by atoms with Crippen LogP contribution in [0.3, 0.4) is 0 Å². The summed E-state index contributed by atoms with van der Waals surface area (Å²) in [6, 6.07) is 9.47. The molecule has 2 heteroatoms. The molecule has 0 radical (unpaired) electrons.